The van der Waals surface area contributed by atoms with E-state index in [2.05, 4.69) is 0 Å². The van der Waals surface area contributed by atoms with Gasteiger partial charge in [-0.25, -0.2) is 13.2 Å². The quantitative estimate of drug-likeness (QED) is 0.784. The van der Waals surface area contributed by atoms with Crippen molar-refractivity contribution < 1.29 is 31.5 Å². The number of sulfonamides is 1. The van der Waals surface area contributed by atoms with Crippen LogP contribution in [0.2, 0.25) is 0 Å². The Morgan fingerprint density at radius 1 is 1.35 bits per heavy atom. The lowest BCUT2D eigenvalue weighted by Gasteiger charge is -2.28. The van der Waals surface area contributed by atoms with Gasteiger partial charge in [-0.1, -0.05) is 13.8 Å². The highest BCUT2D eigenvalue weighted by Gasteiger charge is 2.59. The number of carboxylic acids is 1. The van der Waals surface area contributed by atoms with Crippen molar-refractivity contribution in [3.8, 4) is 0 Å². The number of hydrogen-bond acceptors (Lipinski definition) is 3. The Kier molecular flexibility index (Phi) is 4.57. The molecule has 0 fully saturated rings. The molecule has 0 saturated heterocycles. The molecule has 0 radical (unpaired) electrons. The summed E-state index contributed by atoms with van der Waals surface area (Å²) in [4.78, 5) is 10.6. The third-order valence-electron chi connectivity index (χ3n) is 1.91. The topological polar surface area (TPSA) is 83.5 Å². The summed E-state index contributed by atoms with van der Waals surface area (Å²) >= 11 is 0. The fraction of sp³-hybridized carbons (Fsp3) is 0.875. The summed E-state index contributed by atoms with van der Waals surface area (Å²) in [5.41, 5.74) is -3.51. The summed E-state index contributed by atoms with van der Waals surface area (Å²) in [6.45, 7) is 3.25. The maximum absolute atomic E-state index is 12.5. The largest absolute Gasteiger partial charge is 0.480 e. The van der Waals surface area contributed by atoms with Crippen LogP contribution in [0.5, 0.6) is 0 Å². The fourth-order valence-corrected chi connectivity index (χ4v) is 2.80. The van der Waals surface area contributed by atoms with E-state index in [9.17, 15) is 26.4 Å². The third kappa shape index (κ3) is 4.15. The van der Waals surface area contributed by atoms with E-state index < -0.39 is 39.4 Å². The first kappa shape index (κ1) is 16.2. The Labute approximate surface area is 97.1 Å². The van der Waals surface area contributed by atoms with Crippen molar-refractivity contribution in [2.75, 3.05) is 5.75 Å². The van der Waals surface area contributed by atoms with Crippen LogP contribution in [0.15, 0.2) is 0 Å². The Morgan fingerprint density at radius 3 is 2.00 bits per heavy atom. The van der Waals surface area contributed by atoms with Crippen LogP contribution in [0, 0.1) is 5.92 Å². The lowest BCUT2D eigenvalue weighted by Crippen LogP contribution is -2.62. The van der Waals surface area contributed by atoms with E-state index >= 15 is 0 Å². The Morgan fingerprint density at radius 2 is 1.76 bits per heavy atom. The third-order valence-corrected chi connectivity index (χ3v) is 3.73. The number of alkyl halides is 3. The number of aliphatic carboxylic acids is 1. The van der Waals surface area contributed by atoms with Gasteiger partial charge < -0.3 is 5.11 Å². The van der Waals surface area contributed by atoms with Crippen LogP contribution in [-0.2, 0) is 14.8 Å². The molecule has 2 N–H and O–H groups in total. The first-order valence-electron chi connectivity index (χ1n) is 4.63. The molecule has 0 aliphatic heterocycles. The minimum absolute atomic E-state index is 0.271. The van der Waals surface area contributed by atoms with Gasteiger partial charge >= 0.3 is 12.1 Å². The number of hydrogen-bond donors (Lipinski definition) is 2. The van der Waals surface area contributed by atoms with E-state index in [4.69, 9.17) is 5.11 Å². The summed E-state index contributed by atoms with van der Waals surface area (Å²) in [7, 11) is -4.32. The molecule has 0 amide bonds. The van der Waals surface area contributed by atoms with Crippen LogP contribution in [0.4, 0.5) is 13.2 Å². The van der Waals surface area contributed by atoms with Gasteiger partial charge in [0.05, 0.1) is 5.75 Å². The molecular formula is C8H14F3NO4S. The van der Waals surface area contributed by atoms with Gasteiger partial charge in [-0.05, 0) is 12.8 Å². The zero-order valence-corrected chi connectivity index (χ0v) is 10.3. The first-order chi connectivity index (χ1) is 7.32. The van der Waals surface area contributed by atoms with E-state index in [1.807, 2.05) is 0 Å². The Balaban J connectivity index is 5.25. The smallest absolute Gasteiger partial charge is 0.418 e. The van der Waals surface area contributed by atoms with Gasteiger partial charge in [0.15, 0.2) is 0 Å². The monoisotopic (exact) mass is 277 g/mol. The van der Waals surface area contributed by atoms with Crippen LogP contribution in [-0.4, -0.2) is 37.0 Å². The lowest BCUT2D eigenvalue weighted by atomic mass is 10.0. The Bertz CT molecular complexity index is 390. The molecule has 0 aliphatic rings. The van der Waals surface area contributed by atoms with E-state index in [1.54, 1.807) is 0 Å². The number of carbonyl (C=O) groups is 1. The summed E-state index contributed by atoms with van der Waals surface area (Å²) < 4.78 is 61.4. The van der Waals surface area contributed by atoms with Gasteiger partial charge in [0.2, 0.25) is 15.6 Å². The molecule has 0 aromatic rings. The van der Waals surface area contributed by atoms with E-state index in [1.165, 1.54) is 18.6 Å². The van der Waals surface area contributed by atoms with Crippen LogP contribution < -0.4 is 4.72 Å². The second-order valence-electron chi connectivity index (χ2n) is 4.21. The second kappa shape index (κ2) is 4.81. The zero-order valence-electron chi connectivity index (χ0n) is 9.50. The predicted molar refractivity (Wildman–Crippen MR) is 53.9 cm³/mol. The highest BCUT2D eigenvalue weighted by Crippen LogP contribution is 2.31. The molecule has 5 nitrogen and oxygen atoms in total. The molecule has 102 valence electrons. The second-order valence-corrected chi connectivity index (χ2v) is 5.97. The van der Waals surface area contributed by atoms with E-state index in [0.717, 1.165) is 0 Å². The minimum atomic E-state index is -5.22. The van der Waals surface area contributed by atoms with Crippen molar-refractivity contribution in [3.63, 3.8) is 0 Å². The molecule has 0 aromatic heterocycles. The van der Waals surface area contributed by atoms with Crippen LogP contribution in [0.1, 0.15) is 20.8 Å². The highest BCUT2D eigenvalue weighted by atomic mass is 32.2. The molecule has 0 aliphatic carbocycles. The molecule has 0 heterocycles. The van der Waals surface area contributed by atoms with Crippen molar-refractivity contribution in [2.45, 2.75) is 32.5 Å². The summed E-state index contributed by atoms with van der Waals surface area (Å²) in [6, 6.07) is 0. The minimum Gasteiger partial charge on any atom is -0.480 e. The molecule has 0 rings (SSSR count). The average molecular weight is 277 g/mol. The fourth-order valence-electron chi connectivity index (χ4n) is 1.01. The first-order valence-corrected chi connectivity index (χ1v) is 6.29. The van der Waals surface area contributed by atoms with Gasteiger partial charge in [-0.3, -0.25) is 0 Å². The predicted octanol–water partition coefficient (Wildman–Crippen LogP) is 0.967. The van der Waals surface area contributed by atoms with Crippen molar-refractivity contribution in [2.24, 2.45) is 5.92 Å². The van der Waals surface area contributed by atoms with Gasteiger partial charge in [-0.15, -0.1) is 0 Å². The summed E-state index contributed by atoms with van der Waals surface area (Å²) in [5, 5.41) is 8.52. The molecule has 0 bridgehead atoms. The molecule has 9 heteroatoms. The van der Waals surface area contributed by atoms with Gasteiger partial charge in [0.1, 0.15) is 0 Å². The lowest BCUT2D eigenvalue weighted by molar-refractivity contribution is -0.201. The van der Waals surface area contributed by atoms with Crippen molar-refractivity contribution >= 4 is 16.0 Å². The van der Waals surface area contributed by atoms with Crippen LogP contribution in [0.3, 0.4) is 0 Å². The maximum Gasteiger partial charge on any atom is 0.418 e. The maximum atomic E-state index is 12.5. The SMILES string of the molecule is CC(C)CS(=O)(=O)NC(C)(C(=O)O)C(F)(F)F. The van der Waals surface area contributed by atoms with Gasteiger partial charge in [0.25, 0.3) is 0 Å². The number of rotatable bonds is 5. The van der Waals surface area contributed by atoms with E-state index in [0.29, 0.717) is 0 Å². The highest BCUT2D eigenvalue weighted by molar-refractivity contribution is 7.89. The van der Waals surface area contributed by atoms with Crippen LogP contribution in [0.25, 0.3) is 0 Å². The van der Waals surface area contributed by atoms with Crippen molar-refractivity contribution in [1.29, 1.82) is 0 Å². The molecule has 1 atom stereocenters. The summed E-state index contributed by atoms with van der Waals surface area (Å²) in [5.74, 6) is -3.29. The molecule has 1 unspecified atom stereocenters. The van der Waals surface area contributed by atoms with Crippen molar-refractivity contribution in [3.05, 3.63) is 0 Å². The standard InChI is InChI=1S/C8H14F3NO4S/c1-5(2)4-17(15,16)12-7(3,6(13)14)8(9,10)11/h5,12H,4H2,1-3H3,(H,13,14). The average Bonchev–Trinajstić information content (AvgIpc) is 1.96. The van der Waals surface area contributed by atoms with Crippen molar-refractivity contribution in [1.82, 2.24) is 4.72 Å². The number of nitrogens with one attached hydrogen (secondary N) is 1. The Hall–Kier alpha value is -0.830. The molecule has 0 aromatic carbocycles. The molecular weight excluding hydrogens is 263 g/mol. The van der Waals surface area contributed by atoms with Crippen LogP contribution >= 0.6 is 0 Å². The molecule has 17 heavy (non-hydrogen) atoms. The zero-order chi connectivity index (χ0) is 14.1. The van der Waals surface area contributed by atoms with E-state index in [-0.39, 0.29) is 6.92 Å². The number of carboxylic acid groups (broad SMARTS) is 1. The number of halogens is 3. The normalized spacial score (nSPS) is 16.9. The summed E-state index contributed by atoms with van der Waals surface area (Å²) in [6.07, 6.45) is -5.22. The van der Waals surface area contributed by atoms with Gasteiger partial charge in [0, 0.05) is 0 Å². The molecule has 0 spiro atoms. The van der Waals surface area contributed by atoms with Gasteiger partial charge in [-0.2, -0.15) is 17.9 Å². The molecule has 0 saturated carbocycles.